The first-order valence-electron chi connectivity index (χ1n) is 5.87. The fourth-order valence-electron chi connectivity index (χ4n) is 1.56. The van der Waals surface area contributed by atoms with Crippen molar-refractivity contribution >= 4 is 11.6 Å². The highest BCUT2D eigenvalue weighted by Gasteiger charge is 2.07. The van der Waals surface area contributed by atoms with Crippen LogP contribution in [-0.4, -0.2) is 22.6 Å². The van der Waals surface area contributed by atoms with Crippen LogP contribution >= 0.6 is 0 Å². The predicted octanol–water partition coefficient (Wildman–Crippen LogP) is 2.44. The molecule has 5 nitrogen and oxygen atoms in total. The number of nitrogens with zero attached hydrogens (tertiary/aromatic N) is 1. The van der Waals surface area contributed by atoms with Gasteiger partial charge in [-0.1, -0.05) is 0 Å². The highest BCUT2D eigenvalue weighted by molar-refractivity contribution is 6.04. The van der Waals surface area contributed by atoms with Crippen LogP contribution in [0.2, 0.25) is 0 Å². The number of rotatable bonds is 4. The van der Waals surface area contributed by atoms with Gasteiger partial charge in [0, 0.05) is 11.9 Å². The van der Waals surface area contributed by atoms with Crippen molar-refractivity contribution in [3.63, 3.8) is 0 Å². The number of nitrogens with one attached hydrogen (secondary N) is 1. The first-order valence-corrected chi connectivity index (χ1v) is 5.87. The Morgan fingerprint density at radius 3 is 2.68 bits per heavy atom. The van der Waals surface area contributed by atoms with Gasteiger partial charge in [0.05, 0.1) is 18.4 Å². The molecular formula is C14H14N2O3. The van der Waals surface area contributed by atoms with E-state index in [0.29, 0.717) is 17.9 Å². The molecule has 0 saturated heterocycles. The highest BCUT2D eigenvalue weighted by atomic mass is 16.5. The molecule has 1 aromatic carbocycles. The number of aromatic hydroxyl groups is 1. The van der Waals surface area contributed by atoms with E-state index in [-0.39, 0.29) is 11.7 Å². The van der Waals surface area contributed by atoms with Gasteiger partial charge in [-0.2, -0.15) is 0 Å². The molecule has 0 unspecified atom stereocenters. The van der Waals surface area contributed by atoms with Crippen molar-refractivity contribution < 1.29 is 14.6 Å². The Kier molecular flexibility index (Phi) is 3.97. The smallest absolute Gasteiger partial charge is 0.257 e. The zero-order valence-corrected chi connectivity index (χ0v) is 10.5. The van der Waals surface area contributed by atoms with E-state index in [2.05, 4.69) is 10.3 Å². The first kappa shape index (κ1) is 12.9. The lowest BCUT2D eigenvalue weighted by atomic mass is 10.2. The van der Waals surface area contributed by atoms with Crippen molar-refractivity contribution in [2.24, 2.45) is 0 Å². The highest BCUT2D eigenvalue weighted by Crippen LogP contribution is 2.17. The fraction of sp³-hybridized carbons (Fsp3) is 0.143. The summed E-state index contributed by atoms with van der Waals surface area (Å²) in [6.45, 7) is 2.51. The minimum atomic E-state index is -0.326. The summed E-state index contributed by atoms with van der Waals surface area (Å²) >= 11 is 0. The first-order chi connectivity index (χ1) is 9.19. The van der Waals surface area contributed by atoms with Gasteiger partial charge in [-0.15, -0.1) is 0 Å². The van der Waals surface area contributed by atoms with Gasteiger partial charge in [0.2, 0.25) is 0 Å². The maximum absolute atomic E-state index is 11.9. The van der Waals surface area contributed by atoms with Gasteiger partial charge >= 0.3 is 0 Å². The average molecular weight is 258 g/mol. The van der Waals surface area contributed by atoms with E-state index < -0.39 is 0 Å². The standard InChI is InChI=1S/C14H14N2O3/c1-2-19-13-5-3-11(4-6-13)16-14(18)10-7-12(17)9-15-8-10/h3-9,17H,2H2,1H3,(H,16,18). The molecule has 0 spiro atoms. The molecule has 0 atom stereocenters. The number of anilines is 1. The summed E-state index contributed by atoms with van der Waals surface area (Å²) in [6, 6.07) is 8.41. The van der Waals surface area contributed by atoms with Gasteiger partial charge in [0.1, 0.15) is 11.5 Å². The molecule has 1 aromatic heterocycles. The molecule has 2 aromatic rings. The number of aromatic nitrogens is 1. The van der Waals surface area contributed by atoms with Gasteiger partial charge in [0.25, 0.3) is 5.91 Å². The number of hydrogen-bond donors (Lipinski definition) is 2. The van der Waals surface area contributed by atoms with Gasteiger partial charge in [-0.05, 0) is 37.3 Å². The van der Waals surface area contributed by atoms with Crippen LogP contribution in [-0.2, 0) is 0 Å². The van der Waals surface area contributed by atoms with Crippen LogP contribution in [0.25, 0.3) is 0 Å². The van der Waals surface area contributed by atoms with Crippen molar-refractivity contribution in [3.05, 3.63) is 48.3 Å². The van der Waals surface area contributed by atoms with Crippen LogP contribution in [0.1, 0.15) is 17.3 Å². The van der Waals surface area contributed by atoms with E-state index in [1.54, 1.807) is 24.3 Å². The SMILES string of the molecule is CCOc1ccc(NC(=O)c2cncc(O)c2)cc1. The molecule has 1 amide bonds. The van der Waals surface area contributed by atoms with Crippen LogP contribution in [0.4, 0.5) is 5.69 Å². The third-order valence-corrected chi connectivity index (χ3v) is 2.41. The van der Waals surface area contributed by atoms with Gasteiger partial charge < -0.3 is 15.2 Å². The molecule has 2 N–H and O–H groups in total. The predicted molar refractivity (Wildman–Crippen MR) is 71.5 cm³/mol. The molecule has 0 aliphatic heterocycles. The summed E-state index contributed by atoms with van der Waals surface area (Å²) < 4.78 is 5.31. The van der Waals surface area contributed by atoms with Crippen molar-refractivity contribution in [1.29, 1.82) is 0 Å². The molecule has 0 aliphatic carbocycles. The normalized spacial score (nSPS) is 9.95. The van der Waals surface area contributed by atoms with Crippen LogP contribution in [0.3, 0.4) is 0 Å². The zero-order valence-electron chi connectivity index (χ0n) is 10.5. The fourth-order valence-corrected chi connectivity index (χ4v) is 1.56. The molecular weight excluding hydrogens is 244 g/mol. The molecule has 0 bridgehead atoms. The number of ether oxygens (including phenoxy) is 1. The number of pyridine rings is 1. The molecule has 0 fully saturated rings. The van der Waals surface area contributed by atoms with E-state index in [0.717, 1.165) is 5.75 Å². The van der Waals surface area contributed by atoms with Crippen molar-refractivity contribution in [3.8, 4) is 11.5 Å². The summed E-state index contributed by atoms with van der Waals surface area (Å²) in [5, 5.41) is 12.0. The van der Waals surface area contributed by atoms with E-state index >= 15 is 0 Å². The number of carbonyl (C=O) groups excluding carboxylic acids is 1. The third kappa shape index (κ3) is 3.45. The van der Waals surface area contributed by atoms with E-state index in [4.69, 9.17) is 4.74 Å². The summed E-state index contributed by atoms with van der Waals surface area (Å²) in [5.74, 6) is 0.381. The van der Waals surface area contributed by atoms with E-state index in [1.165, 1.54) is 18.5 Å². The summed E-state index contributed by atoms with van der Waals surface area (Å²) in [5.41, 5.74) is 0.950. The van der Waals surface area contributed by atoms with Gasteiger partial charge in [-0.25, -0.2) is 0 Å². The summed E-state index contributed by atoms with van der Waals surface area (Å²) in [4.78, 5) is 15.6. The zero-order chi connectivity index (χ0) is 13.7. The van der Waals surface area contributed by atoms with Gasteiger partial charge in [-0.3, -0.25) is 9.78 Å². The molecule has 1 heterocycles. The maximum atomic E-state index is 11.9. The Morgan fingerprint density at radius 2 is 2.05 bits per heavy atom. The summed E-state index contributed by atoms with van der Waals surface area (Å²) in [6.07, 6.45) is 2.66. The Balaban J connectivity index is 2.06. The number of amides is 1. The van der Waals surface area contributed by atoms with Crippen molar-refractivity contribution in [2.45, 2.75) is 6.92 Å². The second-order valence-electron chi connectivity index (χ2n) is 3.84. The quantitative estimate of drug-likeness (QED) is 0.883. The number of hydrogen-bond acceptors (Lipinski definition) is 4. The lowest BCUT2D eigenvalue weighted by Crippen LogP contribution is -2.11. The average Bonchev–Trinajstić information content (AvgIpc) is 2.41. The van der Waals surface area contributed by atoms with Crippen LogP contribution in [0, 0.1) is 0 Å². The Bertz CT molecular complexity index is 567. The van der Waals surface area contributed by atoms with Crippen LogP contribution in [0.5, 0.6) is 11.5 Å². The monoisotopic (exact) mass is 258 g/mol. The van der Waals surface area contributed by atoms with E-state index in [1.807, 2.05) is 6.92 Å². The van der Waals surface area contributed by atoms with Crippen LogP contribution < -0.4 is 10.1 Å². The molecule has 19 heavy (non-hydrogen) atoms. The molecule has 0 saturated carbocycles. The van der Waals surface area contributed by atoms with E-state index in [9.17, 15) is 9.90 Å². The minimum Gasteiger partial charge on any atom is -0.506 e. The molecule has 0 aliphatic rings. The largest absolute Gasteiger partial charge is 0.506 e. The molecule has 0 radical (unpaired) electrons. The molecule has 98 valence electrons. The second kappa shape index (κ2) is 5.86. The lowest BCUT2D eigenvalue weighted by Gasteiger charge is -2.07. The number of benzene rings is 1. The Labute approximate surface area is 110 Å². The second-order valence-corrected chi connectivity index (χ2v) is 3.84. The van der Waals surface area contributed by atoms with Crippen molar-refractivity contribution in [1.82, 2.24) is 4.98 Å². The summed E-state index contributed by atoms with van der Waals surface area (Å²) in [7, 11) is 0. The Hall–Kier alpha value is -2.56. The van der Waals surface area contributed by atoms with Crippen LogP contribution in [0.15, 0.2) is 42.7 Å². The Morgan fingerprint density at radius 1 is 1.32 bits per heavy atom. The molecule has 5 heteroatoms. The van der Waals surface area contributed by atoms with Gasteiger partial charge in [0.15, 0.2) is 0 Å². The number of carbonyl (C=O) groups is 1. The minimum absolute atomic E-state index is 0.0423. The lowest BCUT2D eigenvalue weighted by molar-refractivity contribution is 0.102. The third-order valence-electron chi connectivity index (χ3n) is 2.41. The topological polar surface area (TPSA) is 71.5 Å². The molecule has 2 rings (SSSR count). The maximum Gasteiger partial charge on any atom is 0.257 e. The van der Waals surface area contributed by atoms with Crippen molar-refractivity contribution in [2.75, 3.05) is 11.9 Å².